The number of hydrogen-bond donors (Lipinski definition) is 0. The predicted molar refractivity (Wildman–Crippen MR) is 115 cm³/mol. The van der Waals surface area contributed by atoms with Crippen LogP contribution in [0.3, 0.4) is 0 Å². The Labute approximate surface area is 172 Å². The van der Waals surface area contributed by atoms with Crippen LogP contribution in [0.2, 0.25) is 0 Å². The molecule has 4 bridgehead atoms. The van der Waals surface area contributed by atoms with Crippen LogP contribution in [0.25, 0.3) is 22.8 Å². The Balaban J connectivity index is 1.53. The lowest BCUT2D eigenvalue weighted by Crippen LogP contribution is -2.53. The van der Waals surface area contributed by atoms with Crippen molar-refractivity contribution >= 4 is 0 Å². The Morgan fingerprint density at radius 1 is 0.690 bits per heavy atom. The molecule has 3 aromatic rings. The smallest absolute Gasteiger partial charge is 0.163 e. The predicted octanol–water partition coefficient (Wildman–Crippen LogP) is 6.06. The van der Waals surface area contributed by atoms with Gasteiger partial charge in [0.05, 0.1) is 0 Å². The first kappa shape index (κ1) is 17.3. The summed E-state index contributed by atoms with van der Waals surface area (Å²) < 4.78 is 0. The first-order valence-electron chi connectivity index (χ1n) is 11.0. The van der Waals surface area contributed by atoms with Gasteiger partial charge in [0.15, 0.2) is 11.6 Å². The Morgan fingerprint density at radius 3 is 1.69 bits per heavy atom. The molecule has 0 aliphatic heterocycles. The third kappa shape index (κ3) is 2.90. The van der Waals surface area contributed by atoms with Crippen molar-refractivity contribution in [3.8, 4) is 22.8 Å². The minimum absolute atomic E-state index is 0.134. The van der Waals surface area contributed by atoms with E-state index in [0.29, 0.717) is 5.41 Å². The van der Waals surface area contributed by atoms with Crippen molar-refractivity contribution in [2.24, 2.45) is 17.3 Å². The van der Waals surface area contributed by atoms with Crippen molar-refractivity contribution in [3.63, 3.8) is 0 Å². The molecule has 1 aromatic heterocycles. The first-order valence-corrected chi connectivity index (χ1v) is 11.0. The number of aromatic nitrogens is 3. The number of nitrogens with zero attached hydrogens (tertiary/aromatic N) is 3. The van der Waals surface area contributed by atoms with E-state index in [1.807, 2.05) is 12.1 Å². The molecule has 4 aliphatic rings. The fourth-order valence-electron chi connectivity index (χ4n) is 7.03. The third-order valence-corrected chi connectivity index (χ3v) is 7.53. The zero-order chi connectivity index (χ0) is 19.5. The van der Waals surface area contributed by atoms with Crippen molar-refractivity contribution in [2.75, 3.05) is 0 Å². The highest BCUT2D eigenvalue weighted by molar-refractivity contribution is 5.61. The summed E-state index contributed by atoms with van der Waals surface area (Å²) in [6.07, 6.45) is 7.96. The monoisotopic (exact) mass is 381 g/mol. The average molecular weight is 382 g/mol. The van der Waals surface area contributed by atoms with E-state index in [2.05, 4.69) is 55.5 Å². The summed E-state index contributed by atoms with van der Waals surface area (Å²) in [5.41, 5.74) is 2.75. The molecular weight excluding hydrogens is 354 g/mol. The van der Waals surface area contributed by atoms with Gasteiger partial charge >= 0.3 is 0 Å². The van der Waals surface area contributed by atoms with Crippen molar-refractivity contribution in [1.82, 2.24) is 15.0 Å². The zero-order valence-corrected chi connectivity index (χ0v) is 17.0. The summed E-state index contributed by atoms with van der Waals surface area (Å²) in [4.78, 5) is 15.2. The van der Waals surface area contributed by atoms with Crippen molar-refractivity contribution in [2.45, 2.75) is 50.9 Å². The molecule has 7 rings (SSSR count). The molecule has 0 saturated heterocycles. The lowest BCUT2D eigenvalue weighted by atomic mass is 9.44. The van der Waals surface area contributed by atoms with E-state index < -0.39 is 0 Å². The summed E-state index contributed by atoms with van der Waals surface area (Å²) in [5.74, 6) is 4.37. The molecule has 29 heavy (non-hydrogen) atoms. The second-order valence-corrected chi connectivity index (χ2v) is 10.1. The van der Waals surface area contributed by atoms with Crippen molar-refractivity contribution in [3.05, 3.63) is 66.5 Å². The fourth-order valence-corrected chi connectivity index (χ4v) is 7.03. The standard InChI is InChI=1S/C26H27N3/c1-25-13-18-12-19(14-25)16-26(15-18,17-25)24-28-22(20-8-4-2-5-9-20)27-23(29-24)21-10-6-3-7-11-21/h2-11,18-19H,12-17H2,1H3. The topological polar surface area (TPSA) is 38.7 Å². The summed E-state index contributed by atoms with van der Waals surface area (Å²) >= 11 is 0. The second kappa shape index (κ2) is 6.22. The minimum Gasteiger partial charge on any atom is -0.212 e. The van der Waals surface area contributed by atoms with Gasteiger partial charge in [0.2, 0.25) is 0 Å². The number of hydrogen-bond acceptors (Lipinski definition) is 3. The number of rotatable bonds is 3. The lowest BCUT2D eigenvalue weighted by Gasteiger charge is -2.60. The van der Waals surface area contributed by atoms with Crippen LogP contribution in [0, 0.1) is 17.3 Å². The summed E-state index contributed by atoms with van der Waals surface area (Å²) in [6.45, 7) is 2.51. The Kier molecular flexibility index (Phi) is 3.72. The molecule has 146 valence electrons. The van der Waals surface area contributed by atoms with E-state index in [0.717, 1.165) is 40.4 Å². The van der Waals surface area contributed by atoms with E-state index >= 15 is 0 Å². The summed E-state index contributed by atoms with van der Waals surface area (Å²) in [5, 5.41) is 0. The van der Waals surface area contributed by atoms with Crippen LogP contribution in [0.1, 0.15) is 51.3 Å². The van der Waals surface area contributed by atoms with Crippen LogP contribution in [0.4, 0.5) is 0 Å². The molecule has 0 spiro atoms. The maximum atomic E-state index is 5.13. The average Bonchev–Trinajstić information content (AvgIpc) is 2.73. The molecule has 4 fully saturated rings. The molecule has 2 aromatic carbocycles. The fraction of sp³-hybridized carbons (Fsp3) is 0.423. The molecule has 3 nitrogen and oxygen atoms in total. The van der Waals surface area contributed by atoms with Crippen LogP contribution < -0.4 is 0 Å². The molecular formula is C26H27N3. The van der Waals surface area contributed by atoms with Gasteiger partial charge in [0.1, 0.15) is 5.82 Å². The first-order chi connectivity index (χ1) is 14.1. The van der Waals surface area contributed by atoms with Gasteiger partial charge < -0.3 is 0 Å². The maximum absolute atomic E-state index is 5.13. The molecule has 0 radical (unpaired) electrons. The minimum atomic E-state index is 0.134. The third-order valence-electron chi connectivity index (χ3n) is 7.53. The van der Waals surface area contributed by atoms with E-state index in [1.54, 1.807) is 0 Å². The van der Waals surface area contributed by atoms with E-state index in [4.69, 9.17) is 15.0 Å². The van der Waals surface area contributed by atoms with Gasteiger partial charge in [0.25, 0.3) is 0 Å². The van der Waals surface area contributed by atoms with Gasteiger partial charge in [0, 0.05) is 16.5 Å². The Bertz CT molecular complexity index is 972. The highest BCUT2D eigenvalue weighted by Gasteiger charge is 2.57. The van der Waals surface area contributed by atoms with Gasteiger partial charge in [-0.1, -0.05) is 67.6 Å². The van der Waals surface area contributed by atoms with Gasteiger partial charge in [-0.3, -0.25) is 0 Å². The highest BCUT2D eigenvalue weighted by atomic mass is 15.0. The highest BCUT2D eigenvalue weighted by Crippen LogP contribution is 2.65. The number of benzene rings is 2. The molecule has 0 N–H and O–H groups in total. The summed E-state index contributed by atoms with van der Waals surface area (Å²) in [7, 11) is 0. The van der Waals surface area contributed by atoms with Crippen molar-refractivity contribution in [1.29, 1.82) is 0 Å². The molecule has 2 unspecified atom stereocenters. The molecule has 1 heterocycles. The second-order valence-electron chi connectivity index (χ2n) is 10.1. The van der Waals surface area contributed by atoms with Crippen LogP contribution >= 0.6 is 0 Å². The van der Waals surface area contributed by atoms with Crippen LogP contribution in [0.15, 0.2) is 60.7 Å². The van der Waals surface area contributed by atoms with E-state index in [1.165, 1.54) is 38.5 Å². The Morgan fingerprint density at radius 2 is 1.21 bits per heavy atom. The van der Waals surface area contributed by atoms with E-state index in [9.17, 15) is 0 Å². The van der Waals surface area contributed by atoms with E-state index in [-0.39, 0.29) is 5.41 Å². The van der Waals surface area contributed by atoms with Gasteiger partial charge in [-0.15, -0.1) is 0 Å². The normalized spacial score (nSPS) is 32.4. The van der Waals surface area contributed by atoms with Crippen LogP contribution in [0.5, 0.6) is 0 Å². The van der Waals surface area contributed by atoms with Crippen molar-refractivity contribution < 1.29 is 0 Å². The summed E-state index contributed by atoms with van der Waals surface area (Å²) in [6, 6.07) is 20.8. The van der Waals surface area contributed by atoms with Gasteiger partial charge in [-0.25, -0.2) is 15.0 Å². The van der Waals surface area contributed by atoms with Crippen LogP contribution in [-0.4, -0.2) is 15.0 Å². The molecule has 4 aliphatic carbocycles. The SMILES string of the molecule is CC12CC3CC(C1)CC(c1nc(-c4ccccc4)nc(-c4ccccc4)n1)(C3)C2. The zero-order valence-electron chi connectivity index (χ0n) is 17.0. The van der Waals surface area contributed by atoms with Gasteiger partial charge in [-0.2, -0.15) is 0 Å². The largest absolute Gasteiger partial charge is 0.212 e. The Hall–Kier alpha value is -2.55. The molecule has 4 saturated carbocycles. The van der Waals surface area contributed by atoms with Gasteiger partial charge in [-0.05, 0) is 55.8 Å². The van der Waals surface area contributed by atoms with Crippen LogP contribution in [-0.2, 0) is 5.41 Å². The molecule has 2 atom stereocenters. The molecule has 3 heteroatoms. The quantitative estimate of drug-likeness (QED) is 0.553. The molecule has 0 amide bonds. The lowest BCUT2D eigenvalue weighted by molar-refractivity contribution is -0.0648. The maximum Gasteiger partial charge on any atom is 0.163 e.